The van der Waals surface area contributed by atoms with E-state index >= 15 is 0 Å². The number of aryl methyl sites for hydroxylation is 1. The molecule has 1 N–H and O–H groups in total. The van der Waals surface area contributed by atoms with Gasteiger partial charge in [0.2, 0.25) is 0 Å². The number of hydrogen-bond donors (Lipinski definition) is 1. The van der Waals surface area contributed by atoms with Crippen molar-refractivity contribution < 1.29 is 14.6 Å². The third-order valence-electron chi connectivity index (χ3n) is 3.01. The minimum absolute atomic E-state index is 0.0120. The quantitative estimate of drug-likeness (QED) is 0.834. The predicted octanol–water partition coefficient (Wildman–Crippen LogP) is 1.52. The Morgan fingerprint density at radius 3 is 2.72 bits per heavy atom. The van der Waals surface area contributed by atoms with Crippen LogP contribution in [0.15, 0.2) is 18.2 Å². The van der Waals surface area contributed by atoms with Crippen molar-refractivity contribution >= 4 is 5.91 Å². The number of amides is 1. The summed E-state index contributed by atoms with van der Waals surface area (Å²) in [6.45, 7) is 6.78. The van der Waals surface area contributed by atoms with Crippen LogP contribution in [0.4, 0.5) is 0 Å². The van der Waals surface area contributed by atoms with E-state index in [9.17, 15) is 4.79 Å². The van der Waals surface area contributed by atoms with Crippen molar-refractivity contribution in [1.82, 2.24) is 4.90 Å². The van der Waals surface area contributed by atoms with Gasteiger partial charge in [-0.3, -0.25) is 4.79 Å². The van der Waals surface area contributed by atoms with Crippen molar-refractivity contribution in [1.29, 1.82) is 0 Å². The Kier molecular flexibility index (Phi) is 5.65. The van der Waals surface area contributed by atoms with Crippen LogP contribution in [0.3, 0.4) is 0 Å². The van der Waals surface area contributed by atoms with E-state index in [2.05, 4.69) is 0 Å². The van der Waals surface area contributed by atoms with Crippen LogP contribution in [-0.4, -0.2) is 42.2 Å². The van der Waals surface area contributed by atoms with Crippen LogP contribution in [0, 0.1) is 13.8 Å². The molecule has 1 amide bonds. The number of rotatable bonds is 6. The van der Waals surface area contributed by atoms with Gasteiger partial charge in [0, 0.05) is 13.1 Å². The molecule has 0 unspecified atom stereocenters. The maximum absolute atomic E-state index is 11.8. The lowest BCUT2D eigenvalue weighted by Crippen LogP contribution is -2.36. The number of aliphatic hydroxyl groups is 1. The first-order valence-corrected chi connectivity index (χ1v) is 6.17. The largest absolute Gasteiger partial charge is 0.483 e. The topological polar surface area (TPSA) is 49.8 Å². The van der Waals surface area contributed by atoms with Crippen LogP contribution >= 0.6 is 0 Å². The Labute approximate surface area is 108 Å². The fraction of sp³-hybridized carbons (Fsp3) is 0.500. The van der Waals surface area contributed by atoms with Gasteiger partial charge < -0.3 is 14.7 Å². The second-order valence-corrected chi connectivity index (χ2v) is 4.18. The number of ether oxygens (including phenoxy) is 1. The minimum Gasteiger partial charge on any atom is -0.483 e. The highest BCUT2D eigenvalue weighted by atomic mass is 16.5. The molecule has 0 aliphatic heterocycles. The van der Waals surface area contributed by atoms with E-state index < -0.39 is 0 Å². The SMILES string of the molecule is CCN(CCO)C(=O)COc1cccc(C)c1C. The van der Waals surface area contributed by atoms with Crippen molar-refractivity contribution in [2.45, 2.75) is 20.8 Å². The van der Waals surface area contributed by atoms with Gasteiger partial charge in [-0.15, -0.1) is 0 Å². The molecule has 18 heavy (non-hydrogen) atoms. The van der Waals surface area contributed by atoms with Crippen LogP contribution in [0.2, 0.25) is 0 Å². The Bertz CT molecular complexity index is 404. The molecule has 0 aromatic heterocycles. The summed E-state index contributed by atoms with van der Waals surface area (Å²) in [5.74, 6) is 0.635. The van der Waals surface area contributed by atoms with Crippen molar-refractivity contribution in [3.05, 3.63) is 29.3 Å². The minimum atomic E-state index is -0.104. The molecule has 0 saturated carbocycles. The summed E-state index contributed by atoms with van der Waals surface area (Å²) in [6.07, 6.45) is 0. The first-order valence-electron chi connectivity index (χ1n) is 6.17. The number of nitrogens with zero attached hydrogens (tertiary/aromatic N) is 1. The molecule has 0 aliphatic carbocycles. The molecular weight excluding hydrogens is 230 g/mol. The molecule has 0 fully saturated rings. The number of aliphatic hydroxyl groups excluding tert-OH is 1. The number of likely N-dealkylation sites (N-methyl/N-ethyl adjacent to an activating group) is 1. The van der Waals surface area contributed by atoms with E-state index in [1.54, 1.807) is 4.90 Å². The molecule has 0 bridgehead atoms. The van der Waals surface area contributed by atoms with Gasteiger partial charge in [0.1, 0.15) is 5.75 Å². The lowest BCUT2D eigenvalue weighted by molar-refractivity contribution is -0.133. The summed E-state index contributed by atoms with van der Waals surface area (Å²) < 4.78 is 5.54. The highest BCUT2D eigenvalue weighted by Crippen LogP contribution is 2.20. The van der Waals surface area contributed by atoms with E-state index in [0.29, 0.717) is 13.1 Å². The van der Waals surface area contributed by atoms with E-state index in [1.165, 1.54) is 0 Å². The zero-order chi connectivity index (χ0) is 13.5. The predicted molar refractivity (Wildman–Crippen MR) is 70.8 cm³/mol. The molecule has 0 spiro atoms. The number of hydrogen-bond acceptors (Lipinski definition) is 3. The molecule has 0 saturated heterocycles. The average Bonchev–Trinajstić information content (AvgIpc) is 2.37. The van der Waals surface area contributed by atoms with Crippen molar-refractivity contribution in [2.24, 2.45) is 0 Å². The molecule has 0 radical (unpaired) electrons. The van der Waals surface area contributed by atoms with Gasteiger partial charge in [-0.05, 0) is 38.0 Å². The van der Waals surface area contributed by atoms with Crippen LogP contribution in [0.5, 0.6) is 5.75 Å². The lowest BCUT2D eigenvalue weighted by atomic mass is 10.1. The first kappa shape index (κ1) is 14.5. The molecular formula is C14H21NO3. The van der Waals surface area contributed by atoms with E-state index in [1.807, 2.05) is 39.0 Å². The van der Waals surface area contributed by atoms with Gasteiger partial charge in [-0.25, -0.2) is 0 Å². The van der Waals surface area contributed by atoms with Gasteiger partial charge in [0.05, 0.1) is 6.61 Å². The molecule has 0 heterocycles. The maximum atomic E-state index is 11.8. The van der Waals surface area contributed by atoms with Gasteiger partial charge in [-0.1, -0.05) is 12.1 Å². The Hall–Kier alpha value is -1.55. The van der Waals surface area contributed by atoms with Crippen LogP contribution < -0.4 is 4.74 Å². The van der Waals surface area contributed by atoms with Crippen molar-refractivity contribution in [2.75, 3.05) is 26.3 Å². The third kappa shape index (κ3) is 3.74. The lowest BCUT2D eigenvalue weighted by Gasteiger charge is -2.20. The van der Waals surface area contributed by atoms with Crippen molar-refractivity contribution in [3.63, 3.8) is 0 Å². The number of benzene rings is 1. The van der Waals surface area contributed by atoms with Crippen LogP contribution in [-0.2, 0) is 4.79 Å². The summed E-state index contributed by atoms with van der Waals surface area (Å²) >= 11 is 0. The molecule has 100 valence electrons. The standard InChI is InChI=1S/C14H21NO3/c1-4-15(8-9-16)14(17)10-18-13-7-5-6-11(2)12(13)3/h5-7,16H,4,8-10H2,1-3H3. The fourth-order valence-electron chi connectivity index (χ4n) is 1.69. The van der Waals surface area contributed by atoms with Gasteiger partial charge in [0.25, 0.3) is 5.91 Å². The molecule has 1 aromatic rings. The van der Waals surface area contributed by atoms with E-state index in [4.69, 9.17) is 9.84 Å². The maximum Gasteiger partial charge on any atom is 0.260 e. The molecule has 1 rings (SSSR count). The smallest absolute Gasteiger partial charge is 0.260 e. The third-order valence-corrected chi connectivity index (χ3v) is 3.01. The van der Waals surface area contributed by atoms with E-state index in [0.717, 1.165) is 16.9 Å². The van der Waals surface area contributed by atoms with Gasteiger partial charge in [-0.2, -0.15) is 0 Å². The summed E-state index contributed by atoms with van der Waals surface area (Å²) in [7, 11) is 0. The summed E-state index contributed by atoms with van der Waals surface area (Å²) in [5.41, 5.74) is 2.19. The van der Waals surface area contributed by atoms with Gasteiger partial charge in [0.15, 0.2) is 6.61 Å². The molecule has 0 aliphatic rings. The summed E-state index contributed by atoms with van der Waals surface area (Å²) in [6, 6.07) is 5.78. The normalized spacial score (nSPS) is 10.2. The Balaban J connectivity index is 2.59. The fourth-order valence-corrected chi connectivity index (χ4v) is 1.69. The zero-order valence-electron chi connectivity index (χ0n) is 11.3. The van der Waals surface area contributed by atoms with Crippen LogP contribution in [0.1, 0.15) is 18.1 Å². The van der Waals surface area contributed by atoms with Crippen LogP contribution in [0.25, 0.3) is 0 Å². The second-order valence-electron chi connectivity index (χ2n) is 4.18. The summed E-state index contributed by atoms with van der Waals surface area (Å²) in [5, 5.41) is 8.85. The Morgan fingerprint density at radius 2 is 2.11 bits per heavy atom. The van der Waals surface area contributed by atoms with E-state index in [-0.39, 0.29) is 19.1 Å². The molecule has 4 heteroatoms. The monoisotopic (exact) mass is 251 g/mol. The highest BCUT2D eigenvalue weighted by Gasteiger charge is 2.12. The van der Waals surface area contributed by atoms with Crippen molar-refractivity contribution in [3.8, 4) is 5.75 Å². The average molecular weight is 251 g/mol. The summed E-state index contributed by atoms with van der Waals surface area (Å²) in [4.78, 5) is 13.4. The molecule has 1 aromatic carbocycles. The molecule has 4 nitrogen and oxygen atoms in total. The highest BCUT2D eigenvalue weighted by molar-refractivity contribution is 5.77. The number of carbonyl (C=O) groups excluding carboxylic acids is 1. The Morgan fingerprint density at radius 1 is 1.39 bits per heavy atom. The molecule has 0 atom stereocenters. The number of carbonyl (C=O) groups is 1. The van der Waals surface area contributed by atoms with Gasteiger partial charge >= 0.3 is 0 Å². The first-order chi connectivity index (χ1) is 8.60. The second kappa shape index (κ2) is 7.01. The zero-order valence-corrected chi connectivity index (χ0v) is 11.3.